The Kier molecular flexibility index (Phi) is 5.33. The summed E-state index contributed by atoms with van der Waals surface area (Å²) in [6.45, 7) is 3.91. The number of sulfonamides is 1. The van der Waals surface area contributed by atoms with E-state index in [0.29, 0.717) is 5.82 Å². The highest BCUT2D eigenvalue weighted by atomic mass is 32.2. The maximum absolute atomic E-state index is 12.2. The first-order chi connectivity index (χ1) is 10.7. The van der Waals surface area contributed by atoms with Crippen molar-refractivity contribution in [3.8, 4) is 0 Å². The monoisotopic (exact) mass is 334 g/mol. The van der Waals surface area contributed by atoms with Gasteiger partial charge in [-0.1, -0.05) is 29.8 Å². The fraction of sp³-hybridized carbons (Fsp3) is 0.375. The molecule has 0 aliphatic rings. The first-order valence-electron chi connectivity index (χ1n) is 7.30. The minimum atomic E-state index is -3.44. The molecule has 124 valence electrons. The molecule has 2 rings (SSSR count). The highest BCUT2D eigenvalue weighted by Gasteiger charge is 2.13. The molecule has 0 saturated carbocycles. The Balaban J connectivity index is 2.05. The van der Waals surface area contributed by atoms with Gasteiger partial charge in [-0.15, -0.1) is 0 Å². The molecule has 1 aromatic carbocycles. The van der Waals surface area contributed by atoms with Crippen molar-refractivity contribution in [3.05, 3.63) is 53.0 Å². The second-order valence-electron chi connectivity index (χ2n) is 5.74. The molecule has 1 heterocycles. The van der Waals surface area contributed by atoms with Crippen molar-refractivity contribution < 1.29 is 8.42 Å². The third kappa shape index (κ3) is 5.30. The summed E-state index contributed by atoms with van der Waals surface area (Å²) in [7, 11) is 0.329. The van der Waals surface area contributed by atoms with Crippen LogP contribution in [0.2, 0.25) is 0 Å². The van der Waals surface area contributed by atoms with E-state index in [1.165, 1.54) is 0 Å². The average molecular weight is 334 g/mol. The van der Waals surface area contributed by atoms with Crippen molar-refractivity contribution in [1.29, 1.82) is 0 Å². The maximum atomic E-state index is 12.2. The molecule has 7 heteroatoms. The van der Waals surface area contributed by atoms with Crippen molar-refractivity contribution in [2.45, 2.75) is 26.1 Å². The van der Waals surface area contributed by atoms with Crippen LogP contribution in [-0.4, -0.2) is 32.5 Å². The van der Waals surface area contributed by atoms with Crippen LogP contribution in [0.1, 0.15) is 22.6 Å². The molecule has 1 aromatic heterocycles. The zero-order valence-electron chi connectivity index (χ0n) is 13.9. The Morgan fingerprint density at radius 2 is 1.74 bits per heavy atom. The van der Waals surface area contributed by atoms with Gasteiger partial charge in [0.15, 0.2) is 0 Å². The zero-order valence-corrected chi connectivity index (χ0v) is 14.7. The molecule has 0 saturated heterocycles. The number of rotatable bonds is 6. The largest absolute Gasteiger partial charge is 0.363 e. The van der Waals surface area contributed by atoms with Crippen molar-refractivity contribution >= 4 is 15.8 Å². The Morgan fingerprint density at radius 1 is 1.09 bits per heavy atom. The number of nitrogens with zero attached hydrogens (tertiary/aromatic N) is 3. The lowest BCUT2D eigenvalue weighted by Gasteiger charge is -2.13. The molecule has 0 fully saturated rings. The highest BCUT2D eigenvalue weighted by Crippen LogP contribution is 2.10. The van der Waals surface area contributed by atoms with Crippen LogP contribution in [0.4, 0.5) is 5.82 Å². The lowest BCUT2D eigenvalue weighted by molar-refractivity contribution is 0.578. The molecule has 0 aliphatic carbocycles. The van der Waals surface area contributed by atoms with Crippen LogP contribution >= 0.6 is 0 Å². The Morgan fingerprint density at radius 3 is 2.35 bits per heavy atom. The fourth-order valence-corrected chi connectivity index (χ4v) is 3.13. The summed E-state index contributed by atoms with van der Waals surface area (Å²) in [6.07, 6.45) is 0. The van der Waals surface area contributed by atoms with Crippen molar-refractivity contribution in [2.75, 3.05) is 19.0 Å². The van der Waals surface area contributed by atoms with Gasteiger partial charge in [0.2, 0.25) is 10.0 Å². The average Bonchev–Trinajstić information content (AvgIpc) is 2.47. The van der Waals surface area contributed by atoms with Gasteiger partial charge in [-0.2, -0.15) is 0 Å². The van der Waals surface area contributed by atoms with Gasteiger partial charge in [0.1, 0.15) is 11.6 Å². The van der Waals surface area contributed by atoms with Crippen molar-refractivity contribution in [2.24, 2.45) is 0 Å². The third-order valence-corrected chi connectivity index (χ3v) is 4.57. The van der Waals surface area contributed by atoms with Crippen LogP contribution in [0.25, 0.3) is 0 Å². The predicted molar refractivity (Wildman–Crippen MR) is 91.7 cm³/mol. The maximum Gasteiger partial charge on any atom is 0.216 e. The van der Waals surface area contributed by atoms with E-state index in [1.54, 1.807) is 0 Å². The first-order valence-corrected chi connectivity index (χ1v) is 8.95. The van der Waals surface area contributed by atoms with Gasteiger partial charge in [0, 0.05) is 25.9 Å². The quantitative estimate of drug-likeness (QED) is 0.871. The molecule has 0 spiro atoms. The van der Waals surface area contributed by atoms with E-state index in [2.05, 4.69) is 14.7 Å². The fourth-order valence-electron chi connectivity index (χ4n) is 2.05. The molecule has 0 atom stereocenters. The Hall–Kier alpha value is -1.99. The molecule has 0 radical (unpaired) electrons. The van der Waals surface area contributed by atoms with Crippen LogP contribution in [0.3, 0.4) is 0 Å². The normalized spacial score (nSPS) is 11.5. The van der Waals surface area contributed by atoms with E-state index in [4.69, 9.17) is 0 Å². The van der Waals surface area contributed by atoms with E-state index >= 15 is 0 Å². The minimum Gasteiger partial charge on any atom is -0.363 e. The molecule has 0 amide bonds. The summed E-state index contributed by atoms with van der Waals surface area (Å²) in [4.78, 5) is 10.5. The number of nitrogens with one attached hydrogen (secondary N) is 1. The second kappa shape index (κ2) is 7.06. The Bertz CT molecular complexity index is 771. The number of hydrogen-bond donors (Lipinski definition) is 1. The van der Waals surface area contributed by atoms with Gasteiger partial charge in [-0.3, -0.25) is 0 Å². The summed E-state index contributed by atoms with van der Waals surface area (Å²) in [5.41, 5.74) is 2.65. The molecule has 23 heavy (non-hydrogen) atoms. The summed E-state index contributed by atoms with van der Waals surface area (Å²) in [5.74, 6) is 1.16. The summed E-state index contributed by atoms with van der Waals surface area (Å²) in [6, 6.07) is 9.30. The van der Waals surface area contributed by atoms with Crippen molar-refractivity contribution in [1.82, 2.24) is 14.7 Å². The number of anilines is 1. The second-order valence-corrected chi connectivity index (χ2v) is 7.55. The molecule has 2 aromatic rings. The Labute approximate surface area is 137 Å². The van der Waals surface area contributed by atoms with Crippen LogP contribution in [-0.2, 0) is 22.3 Å². The third-order valence-electron chi connectivity index (χ3n) is 3.27. The van der Waals surface area contributed by atoms with E-state index in [1.807, 2.05) is 63.2 Å². The van der Waals surface area contributed by atoms with E-state index in [0.717, 1.165) is 22.6 Å². The molecule has 0 bridgehead atoms. The van der Waals surface area contributed by atoms with Gasteiger partial charge in [0.05, 0.1) is 12.3 Å². The first kappa shape index (κ1) is 17.4. The summed E-state index contributed by atoms with van der Waals surface area (Å²) in [5, 5.41) is 0. The number of benzene rings is 1. The number of hydrogen-bond acceptors (Lipinski definition) is 5. The highest BCUT2D eigenvalue weighted by molar-refractivity contribution is 7.88. The van der Waals surface area contributed by atoms with Crippen LogP contribution in [0.15, 0.2) is 30.3 Å². The smallest absolute Gasteiger partial charge is 0.216 e. The lowest BCUT2D eigenvalue weighted by atomic mass is 10.2. The zero-order chi connectivity index (χ0) is 17.0. The van der Waals surface area contributed by atoms with E-state index < -0.39 is 10.0 Å². The van der Waals surface area contributed by atoms with E-state index in [9.17, 15) is 8.42 Å². The molecular weight excluding hydrogens is 312 g/mol. The van der Waals surface area contributed by atoms with Crippen LogP contribution in [0.5, 0.6) is 0 Å². The molecule has 0 aliphatic heterocycles. The van der Waals surface area contributed by atoms with E-state index in [-0.39, 0.29) is 12.3 Å². The predicted octanol–water partition coefficient (Wildman–Crippen LogP) is 1.78. The van der Waals surface area contributed by atoms with Gasteiger partial charge >= 0.3 is 0 Å². The minimum absolute atomic E-state index is 0.0559. The number of aryl methyl sites for hydroxylation is 2. The van der Waals surface area contributed by atoms with Gasteiger partial charge in [0.25, 0.3) is 0 Å². The van der Waals surface area contributed by atoms with Crippen LogP contribution in [0, 0.1) is 13.8 Å². The van der Waals surface area contributed by atoms with Gasteiger partial charge in [-0.05, 0) is 19.4 Å². The molecule has 6 nitrogen and oxygen atoms in total. The molecule has 0 unspecified atom stereocenters. The molecule has 1 N–H and O–H groups in total. The summed E-state index contributed by atoms with van der Waals surface area (Å²) < 4.78 is 26.9. The number of aromatic nitrogens is 2. The molecular formula is C16H22N4O2S. The summed E-state index contributed by atoms with van der Waals surface area (Å²) >= 11 is 0. The lowest BCUT2D eigenvalue weighted by Crippen LogP contribution is -2.26. The topological polar surface area (TPSA) is 75.2 Å². The standard InChI is InChI=1S/C16H22N4O2S/c1-12-5-7-14(8-6-12)11-23(21,22)17-10-15-18-13(2)9-16(19-15)20(3)4/h5-9,17H,10-11H2,1-4H3. The van der Waals surface area contributed by atoms with Crippen molar-refractivity contribution in [3.63, 3.8) is 0 Å². The SMILES string of the molecule is Cc1ccc(CS(=O)(=O)NCc2nc(C)cc(N(C)C)n2)cc1. The van der Waals surface area contributed by atoms with Crippen LogP contribution < -0.4 is 9.62 Å². The van der Waals surface area contributed by atoms with Gasteiger partial charge < -0.3 is 4.90 Å². The van der Waals surface area contributed by atoms with Gasteiger partial charge in [-0.25, -0.2) is 23.1 Å².